The molecule has 0 aliphatic rings. The molecule has 0 aromatic heterocycles. The van der Waals surface area contributed by atoms with Crippen LogP contribution in [0.3, 0.4) is 0 Å². The molecule has 17 heavy (non-hydrogen) atoms. The Morgan fingerprint density at radius 2 is 2.00 bits per heavy atom. The van der Waals surface area contributed by atoms with Crippen LogP contribution in [0.25, 0.3) is 0 Å². The van der Waals surface area contributed by atoms with Crippen molar-refractivity contribution in [3.8, 4) is 5.75 Å². The monoisotopic (exact) mass is 235 g/mol. The summed E-state index contributed by atoms with van der Waals surface area (Å²) >= 11 is 0. The average molecular weight is 235 g/mol. The van der Waals surface area contributed by atoms with Gasteiger partial charge in [-0.15, -0.1) is 0 Å². The molecule has 1 N–H and O–H groups in total. The number of benzene rings is 1. The van der Waals surface area contributed by atoms with Crippen molar-refractivity contribution in [3.63, 3.8) is 0 Å². The maximum Gasteiger partial charge on any atom is 0.115 e. The molecule has 0 bridgehead atoms. The minimum absolute atomic E-state index is 0.355. The van der Waals surface area contributed by atoms with E-state index in [-0.39, 0.29) is 0 Å². The standard InChI is InChI=1S/C15H25NO/c1-4-5-6-7-11-16(3)13(2)14-9-8-10-15(17)12-14/h8-10,12-13,17H,4-7,11H2,1-3H3. The lowest BCUT2D eigenvalue weighted by Crippen LogP contribution is -2.23. The van der Waals surface area contributed by atoms with Gasteiger partial charge in [0.05, 0.1) is 0 Å². The first-order valence-corrected chi connectivity index (χ1v) is 6.64. The highest BCUT2D eigenvalue weighted by atomic mass is 16.3. The number of hydrogen-bond donors (Lipinski definition) is 1. The van der Waals surface area contributed by atoms with Gasteiger partial charge in [0.1, 0.15) is 5.75 Å². The molecule has 1 aromatic rings. The number of aromatic hydroxyl groups is 1. The minimum atomic E-state index is 0.355. The smallest absolute Gasteiger partial charge is 0.115 e. The molecule has 0 amide bonds. The molecule has 0 radical (unpaired) electrons. The topological polar surface area (TPSA) is 23.5 Å². The van der Waals surface area contributed by atoms with Crippen LogP contribution in [0.2, 0.25) is 0 Å². The first-order valence-electron chi connectivity index (χ1n) is 6.64. The van der Waals surface area contributed by atoms with Gasteiger partial charge >= 0.3 is 0 Å². The lowest BCUT2D eigenvalue weighted by atomic mass is 10.1. The zero-order valence-electron chi connectivity index (χ0n) is 11.3. The first kappa shape index (κ1) is 14.0. The predicted octanol–water partition coefficient (Wildman–Crippen LogP) is 3.97. The van der Waals surface area contributed by atoms with Crippen molar-refractivity contribution in [1.29, 1.82) is 0 Å². The maximum absolute atomic E-state index is 9.47. The minimum Gasteiger partial charge on any atom is -0.508 e. The van der Waals surface area contributed by atoms with Crippen molar-refractivity contribution in [2.24, 2.45) is 0 Å². The van der Waals surface area contributed by atoms with E-state index < -0.39 is 0 Å². The molecular weight excluding hydrogens is 210 g/mol. The van der Waals surface area contributed by atoms with Crippen LogP contribution in [0.5, 0.6) is 5.75 Å². The third-order valence-electron chi connectivity index (χ3n) is 3.38. The molecule has 1 atom stereocenters. The Kier molecular flexibility index (Phi) is 6.06. The number of rotatable bonds is 7. The van der Waals surface area contributed by atoms with E-state index in [1.807, 2.05) is 12.1 Å². The van der Waals surface area contributed by atoms with Gasteiger partial charge in [-0.3, -0.25) is 4.90 Å². The molecule has 2 nitrogen and oxygen atoms in total. The van der Waals surface area contributed by atoms with Gasteiger partial charge in [-0.05, 0) is 44.6 Å². The van der Waals surface area contributed by atoms with E-state index in [0.29, 0.717) is 11.8 Å². The van der Waals surface area contributed by atoms with Crippen LogP contribution in [0.1, 0.15) is 51.1 Å². The second-order valence-electron chi connectivity index (χ2n) is 4.81. The summed E-state index contributed by atoms with van der Waals surface area (Å²) in [4.78, 5) is 2.35. The summed E-state index contributed by atoms with van der Waals surface area (Å²) in [7, 11) is 2.15. The molecule has 0 aliphatic heterocycles. The number of phenolic OH excluding ortho intramolecular Hbond substituents is 1. The SMILES string of the molecule is CCCCCCN(C)C(C)c1cccc(O)c1. The van der Waals surface area contributed by atoms with Crippen molar-refractivity contribution in [2.45, 2.75) is 45.6 Å². The molecule has 1 rings (SSSR count). The van der Waals surface area contributed by atoms with Crippen LogP contribution in [-0.4, -0.2) is 23.6 Å². The predicted molar refractivity (Wildman–Crippen MR) is 73.3 cm³/mol. The molecule has 0 fully saturated rings. The van der Waals surface area contributed by atoms with E-state index in [2.05, 4.69) is 31.9 Å². The van der Waals surface area contributed by atoms with Crippen LogP contribution >= 0.6 is 0 Å². The lowest BCUT2D eigenvalue weighted by molar-refractivity contribution is 0.255. The van der Waals surface area contributed by atoms with Crippen molar-refractivity contribution in [2.75, 3.05) is 13.6 Å². The fourth-order valence-electron chi connectivity index (χ4n) is 2.02. The highest BCUT2D eigenvalue weighted by Gasteiger charge is 2.11. The number of nitrogens with zero attached hydrogens (tertiary/aromatic N) is 1. The summed E-state index contributed by atoms with van der Waals surface area (Å²) in [6, 6.07) is 7.92. The lowest BCUT2D eigenvalue weighted by Gasteiger charge is -2.25. The molecule has 0 aliphatic carbocycles. The molecule has 0 spiro atoms. The van der Waals surface area contributed by atoms with Crippen molar-refractivity contribution in [1.82, 2.24) is 4.90 Å². The van der Waals surface area contributed by atoms with Crippen LogP contribution in [0.4, 0.5) is 0 Å². The zero-order valence-corrected chi connectivity index (χ0v) is 11.3. The molecule has 0 saturated carbocycles. The van der Waals surface area contributed by atoms with Gasteiger partial charge < -0.3 is 5.11 Å². The molecule has 1 aromatic carbocycles. The van der Waals surface area contributed by atoms with Gasteiger partial charge in [0, 0.05) is 6.04 Å². The Morgan fingerprint density at radius 3 is 2.65 bits per heavy atom. The Balaban J connectivity index is 2.43. The summed E-state index contributed by atoms with van der Waals surface area (Å²) < 4.78 is 0. The van der Waals surface area contributed by atoms with Crippen molar-refractivity contribution in [3.05, 3.63) is 29.8 Å². The Labute approximate surface area is 105 Å². The third-order valence-corrected chi connectivity index (χ3v) is 3.38. The number of phenols is 1. The average Bonchev–Trinajstić information content (AvgIpc) is 2.33. The summed E-state index contributed by atoms with van der Waals surface area (Å²) in [5.41, 5.74) is 1.18. The molecule has 0 heterocycles. The second kappa shape index (κ2) is 7.33. The zero-order chi connectivity index (χ0) is 12.7. The van der Waals surface area contributed by atoms with Gasteiger partial charge in [-0.25, -0.2) is 0 Å². The second-order valence-corrected chi connectivity index (χ2v) is 4.81. The highest BCUT2D eigenvalue weighted by Crippen LogP contribution is 2.22. The van der Waals surface area contributed by atoms with Crippen LogP contribution < -0.4 is 0 Å². The molecule has 0 saturated heterocycles. The number of unbranched alkanes of at least 4 members (excludes halogenated alkanes) is 3. The van der Waals surface area contributed by atoms with Crippen LogP contribution in [0, 0.1) is 0 Å². The Hall–Kier alpha value is -1.02. The quantitative estimate of drug-likeness (QED) is 0.723. The van der Waals surface area contributed by atoms with E-state index in [9.17, 15) is 5.11 Å². The van der Waals surface area contributed by atoms with Gasteiger partial charge in [0.2, 0.25) is 0 Å². The summed E-state index contributed by atoms with van der Waals surface area (Å²) in [5.74, 6) is 0.355. The van der Waals surface area contributed by atoms with Crippen molar-refractivity contribution >= 4 is 0 Å². The third kappa shape index (κ3) is 4.78. The summed E-state index contributed by atoms with van der Waals surface area (Å²) in [6.45, 7) is 5.55. The normalized spacial score (nSPS) is 12.9. The summed E-state index contributed by atoms with van der Waals surface area (Å²) in [5, 5.41) is 9.47. The van der Waals surface area contributed by atoms with E-state index in [4.69, 9.17) is 0 Å². The molecular formula is C15H25NO. The fourth-order valence-corrected chi connectivity index (χ4v) is 2.02. The Bertz CT molecular complexity index is 324. The fraction of sp³-hybridized carbons (Fsp3) is 0.600. The van der Waals surface area contributed by atoms with Gasteiger partial charge in [0.25, 0.3) is 0 Å². The van der Waals surface area contributed by atoms with Crippen LogP contribution in [-0.2, 0) is 0 Å². The van der Waals surface area contributed by atoms with E-state index in [1.54, 1.807) is 6.07 Å². The molecule has 2 heteroatoms. The van der Waals surface area contributed by atoms with E-state index in [0.717, 1.165) is 6.54 Å². The molecule has 96 valence electrons. The van der Waals surface area contributed by atoms with Crippen molar-refractivity contribution < 1.29 is 5.11 Å². The number of hydrogen-bond acceptors (Lipinski definition) is 2. The highest BCUT2D eigenvalue weighted by molar-refractivity contribution is 5.29. The maximum atomic E-state index is 9.47. The summed E-state index contributed by atoms with van der Waals surface area (Å²) in [6.07, 6.45) is 5.18. The van der Waals surface area contributed by atoms with E-state index >= 15 is 0 Å². The Morgan fingerprint density at radius 1 is 1.24 bits per heavy atom. The first-order chi connectivity index (χ1) is 8.15. The van der Waals surface area contributed by atoms with Gasteiger partial charge in [-0.2, -0.15) is 0 Å². The molecule has 1 unspecified atom stereocenters. The van der Waals surface area contributed by atoms with Gasteiger partial charge in [0.15, 0.2) is 0 Å². The van der Waals surface area contributed by atoms with E-state index in [1.165, 1.54) is 31.2 Å². The largest absolute Gasteiger partial charge is 0.508 e. The van der Waals surface area contributed by atoms with Gasteiger partial charge in [-0.1, -0.05) is 38.3 Å². The van der Waals surface area contributed by atoms with Crippen LogP contribution in [0.15, 0.2) is 24.3 Å².